The van der Waals surface area contributed by atoms with E-state index in [9.17, 15) is 0 Å². The molecule has 0 radical (unpaired) electrons. The number of hydrogen-bond acceptors (Lipinski definition) is 4. The van der Waals surface area contributed by atoms with E-state index in [1.807, 2.05) is 25.1 Å². The van der Waals surface area contributed by atoms with E-state index in [1.165, 1.54) is 0 Å². The Morgan fingerprint density at radius 3 is 2.88 bits per heavy atom. The summed E-state index contributed by atoms with van der Waals surface area (Å²) in [5.41, 5.74) is 3.08. The van der Waals surface area contributed by atoms with E-state index in [0.717, 1.165) is 28.6 Å². The lowest BCUT2D eigenvalue weighted by Crippen LogP contribution is -2.17. The normalized spacial score (nSPS) is 12.6. The maximum atomic E-state index is 4.63. The van der Waals surface area contributed by atoms with Crippen molar-refractivity contribution in [3.63, 3.8) is 0 Å². The molecule has 0 aromatic carbocycles. The summed E-state index contributed by atoms with van der Waals surface area (Å²) in [6.45, 7) is 7.19. The fourth-order valence-corrected chi connectivity index (χ4v) is 2.56. The second-order valence-corrected chi connectivity index (χ2v) is 4.88. The summed E-state index contributed by atoms with van der Waals surface area (Å²) in [5, 5.41) is 6.46. The number of thiazole rings is 1. The third-order valence-corrected chi connectivity index (χ3v) is 3.47. The van der Waals surface area contributed by atoms with Gasteiger partial charge in [0.05, 0.1) is 11.4 Å². The highest BCUT2D eigenvalue weighted by Crippen LogP contribution is 2.24. The van der Waals surface area contributed by atoms with Crippen molar-refractivity contribution in [2.24, 2.45) is 0 Å². The van der Waals surface area contributed by atoms with E-state index in [-0.39, 0.29) is 0 Å². The van der Waals surface area contributed by atoms with Crippen LogP contribution in [0.3, 0.4) is 0 Å². The molecule has 0 amide bonds. The van der Waals surface area contributed by atoms with Crippen LogP contribution in [0.25, 0.3) is 10.7 Å². The molecular weight excluding hydrogens is 230 g/mol. The Morgan fingerprint density at radius 2 is 2.18 bits per heavy atom. The summed E-state index contributed by atoms with van der Waals surface area (Å²) in [7, 11) is 0. The number of pyridine rings is 1. The van der Waals surface area contributed by atoms with Crippen LogP contribution in [0.4, 0.5) is 0 Å². The van der Waals surface area contributed by atoms with Crippen molar-refractivity contribution in [2.45, 2.75) is 26.8 Å². The van der Waals surface area contributed by atoms with Gasteiger partial charge in [0.15, 0.2) is 0 Å². The summed E-state index contributed by atoms with van der Waals surface area (Å²) < 4.78 is 0. The number of nitrogens with zero attached hydrogens (tertiary/aromatic N) is 2. The van der Waals surface area contributed by atoms with Gasteiger partial charge in [0.2, 0.25) is 0 Å². The topological polar surface area (TPSA) is 37.8 Å². The summed E-state index contributed by atoms with van der Waals surface area (Å²) in [6.07, 6.45) is 0. The summed E-state index contributed by atoms with van der Waals surface area (Å²) in [5.74, 6) is 0. The quantitative estimate of drug-likeness (QED) is 0.901. The number of aromatic nitrogens is 2. The average Bonchev–Trinajstić information content (AvgIpc) is 2.78. The summed E-state index contributed by atoms with van der Waals surface area (Å²) in [4.78, 5) is 9.12. The van der Waals surface area contributed by atoms with Crippen molar-refractivity contribution >= 4 is 11.3 Å². The highest BCUT2D eigenvalue weighted by atomic mass is 32.1. The number of aryl methyl sites for hydroxylation is 1. The standard InChI is InChI=1S/C13H17N3S/c1-4-14-10(3)12-8-17-13(16-12)11-7-5-6-9(2)15-11/h5-8,10,14H,4H2,1-3H3. The summed E-state index contributed by atoms with van der Waals surface area (Å²) in [6, 6.07) is 6.33. The van der Waals surface area contributed by atoms with E-state index < -0.39 is 0 Å². The lowest BCUT2D eigenvalue weighted by atomic mass is 10.2. The van der Waals surface area contributed by atoms with Crippen LogP contribution in [0.15, 0.2) is 23.6 Å². The van der Waals surface area contributed by atoms with E-state index in [4.69, 9.17) is 0 Å². The Labute approximate surface area is 106 Å². The first-order chi connectivity index (χ1) is 8.20. The highest BCUT2D eigenvalue weighted by Gasteiger charge is 2.10. The van der Waals surface area contributed by atoms with E-state index in [2.05, 4.69) is 34.5 Å². The molecule has 0 aliphatic carbocycles. The minimum atomic E-state index is 0.301. The van der Waals surface area contributed by atoms with Crippen LogP contribution in [-0.2, 0) is 0 Å². The molecule has 0 spiro atoms. The zero-order valence-electron chi connectivity index (χ0n) is 10.4. The smallest absolute Gasteiger partial charge is 0.142 e. The van der Waals surface area contributed by atoms with Gasteiger partial charge in [-0.2, -0.15) is 0 Å². The largest absolute Gasteiger partial charge is 0.309 e. The predicted octanol–water partition coefficient (Wildman–Crippen LogP) is 3.18. The van der Waals surface area contributed by atoms with Crippen LogP contribution >= 0.6 is 11.3 Å². The second-order valence-electron chi connectivity index (χ2n) is 4.02. The van der Waals surface area contributed by atoms with Crippen molar-refractivity contribution < 1.29 is 0 Å². The zero-order valence-corrected chi connectivity index (χ0v) is 11.2. The van der Waals surface area contributed by atoms with Crippen LogP contribution in [-0.4, -0.2) is 16.5 Å². The van der Waals surface area contributed by atoms with Crippen molar-refractivity contribution in [1.29, 1.82) is 0 Å². The molecule has 4 heteroatoms. The maximum Gasteiger partial charge on any atom is 0.142 e. The second kappa shape index (κ2) is 5.38. The van der Waals surface area contributed by atoms with Gasteiger partial charge in [0, 0.05) is 17.1 Å². The van der Waals surface area contributed by atoms with Gasteiger partial charge in [-0.3, -0.25) is 4.98 Å². The van der Waals surface area contributed by atoms with Crippen LogP contribution in [0, 0.1) is 6.92 Å². The minimum Gasteiger partial charge on any atom is -0.309 e. The third kappa shape index (κ3) is 2.90. The molecule has 2 heterocycles. The molecule has 2 rings (SSSR count). The molecule has 0 aliphatic rings. The molecule has 90 valence electrons. The lowest BCUT2D eigenvalue weighted by molar-refractivity contribution is 0.587. The molecule has 1 atom stereocenters. The maximum absolute atomic E-state index is 4.63. The lowest BCUT2D eigenvalue weighted by Gasteiger charge is -2.08. The van der Waals surface area contributed by atoms with Gasteiger partial charge in [-0.05, 0) is 32.5 Å². The monoisotopic (exact) mass is 247 g/mol. The SMILES string of the molecule is CCNC(C)c1csc(-c2cccc(C)n2)n1. The number of hydrogen-bond donors (Lipinski definition) is 1. The molecule has 1 N–H and O–H groups in total. The molecule has 0 fully saturated rings. The molecule has 0 bridgehead atoms. The van der Waals surface area contributed by atoms with Gasteiger partial charge >= 0.3 is 0 Å². The first-order valence-corrected chi connectivity index (χ1v) is 6.71. The first-order valence-electron chi connectivity index (χ1n) is 5.83. The van der Waals surface area contributed by atoms with Crippen LogP contribution in [0.2, 0.25) is 0 Å². The first kappa shape index (κ1) is 12.2. The van der Waals surface area contributed by atoms with Gasteiger partial charge in [-0.25, -0.2) is 4.98 Å². The molecule has 2 aromatic heterocycles. The van der Waals surface area contributed by atoms with Crippen LogP contribution in [0.1, 0.15) is 31.3 Å². The van der Waals surface area contributed by atoms with Crippen molar-refractivity contribution in [1.82, 2.24) is 15.3 Å². The highest BCUT2D eigenvalue weighted by molar-refractivity contribution is 7.13. The van der Waals surface area contributed by atoms with Gasteiger partial charge < -0.3 is 5.32 Å². The molecule has 3 nitrogen and oxygen atoms in total. The minimum absolute atomic E-state index is 0.301. The Bertz CT molecular complexity index is 493. The van der Waals surface area contributed by atoms with Crippen molar-refractivity contribution in [3.8, 4) is 10.7 Å². The molecule has 0 aliphatic heterocycles. The van der Waals surface area contributed by atoms with Crippen LogP contribution in [0.5, 0.6) is 0 Å². The Kier molecular flexibility index (Phi) is 3.86. The molecular formula is C13H17N3S. The zero-order chi connectivity index (χ0) is 12.3. The predicted molar refractivity (Wildman–Crippen MR) is 72.2 cm³/mol. The molecule has 1 unspecified atom stereocenters. The Morgan fingerprint density at radius 1 is 1.35 bits per heavy atom. The van der Waals surface area contributed by atoms with E-state index in [0.29, 0.717) is 6.04 Å². The van der Waals surface area contributed by atoms with E-state index in [1.54, 1.807) is 11.3 Å². The molecule has 17 heavy (non-hydrogen) atoms. The average molecular weight is 247 g/mol. The number of nitrogens with one attached hydrogen (secondary N) is 1. The van der Waals surface area contributed by atoms with Crippen molar-refractivity contribution in [3.05, 3.63) is 35.0 Å². The number of rotatable bonds is 4. The molecule has 2 aromatic rings. The summed E-state index contributed by atoms with van der Waals surface area (Å²) >= 11 is 1.65. The molecule has 0 saturated heterocycles. The molecule has 0 saturated carbocycles. The van der Waals surface area contributed by atoms with Gasteiger partial charge in [-0.15, -0.1) is 11.3 Å². The van der Waals surface area contributed by atoms with Crippen molar-refractivity contribution in [2.75, 3.05) is 6.54 Å². The fraction of sp³-hybridized carbons (Fsp3) is 0.385. The Hall–Kier alpha value is -1.26. The van der Waals surface area contributed by atoms with Gasteiger partial charge in [0.1, 0.15) is 5.01 Å². The Balaban J connectivity index is 2.23. The van der Waals surface area contributed by atoms with Crippen LogP contribution < -0.4 is 5.32 Å². The fourth-order valence-electron chi connectivity index (χ4n) is 1.68. The van der Waals surface area contributed by atoms with E-state index >= 15 is 0 Å². The third-order valence-electron chi connectivity index (χ3n) is 2.58. The van der Waals surface area contributed by atoms with Gasteiger partial charge in [0.25, 0.3) is 0 Å². The van der Waals surface area contributed by atoms with Gasteiger partial charge in [-0.1, -0.05) is 13.0 Å².